The van der Waals surface area contributed by atoms with Crippen LogP contribution in [0.25, 0.3) is 10.8 Å². The summed E-state index contributed by atoms with van der Waals surface area (Å²) in [5, 5.41) is 2.37. The van der Waals surface area contributed by atoms with Crippen molar-refractivity contribution in [2.75, 3.05) is 24.7 Å². The molecule has 1 saturated heterocycles. The quantitative estimate of drug-likeness (QED) is 0.788. The lowest BCUT2D eigenvalue weighted by molar-refractivity contribution is 0.0987. The third-order valence-corrected chi connectivity index (χ3v) is 3.93. The molecule has 1 aromatic heterocycles. The standard InChI is InChI=1S/C15H17ClN2O/c1-11-10-19-7-6-18(11)15-14-5-3-2-4-13(14)12(8-16)9-17-15/h2-5,9,11H,6-8,10H2,1H3. The van der Waals surface area contributed by atoms with Crippen molar-refractivity contribution in [1.82, 2.24) is 4.98 Å². The zero-order chi connectivity index (χ0) is 13.2. The number of pyridine rings is 1. The van der Waals surface area contributed by atoms with Gasteiger partial charge in [-0.05, 0) is 17.9 Å². The maximum Gasteiger partial charge on any atom is 0.136 e. The first-order valence-corrected chi connectivity index (χ1v) is 7.11. The Hall–Kier alpha value is -1.32. The van der Waals surface area contributed by atoms with Crippen molar-refractivity contribution in [2.24, 2.45) is 0 Å². The van der Waals surface area contributed by atoms with Crippen molar-refractivity contribution < 1.29 is 4.74 Å². The molecule has 3 rings (SSSR count). The second-order valence-corrected chi connectivity index (χ2v) is 5.17. The van der Waals surface area contributed by atoms with Gasteiger partial charge in [0.2, 0.25) is 0 Å². The van der Waals surface area contributed by atoms with Crippen molar-refractivity contribution in [2.45, 2.75) is 18.8 Å². The predicted molar refractivity (Wildman–Crippen MR) is 78.9 cm³/mol. The Bertz CT molecular complexity index is 587. The molecule has 1 aliphatic rings. The van der Waals surface area contributed by atoms with Crippen LogP contribution in [0.2, 0.25) is 0 Å². The van der Waals surface area contributed by atoms with Crippen LogP contribution >= 0.6 is 11.6 Å². The van der Waals surface area contributed by atoms with Crippen molar-refractivity contribution in [3.05, 3.63) is 36.0 Å². The molecule has 3 nitrogen and oxygen atoms in total. The van der Waals surface area contributed by atoms with Gasteiger partial charge in [-0.15, -0.1) is 11.6 Å². The van der Waals surface area contributed by atoms with Crippen LogP contribution in [-0.2, 0) is 10.6 Å². The number of anilines is 1. The zero-order valence-electron chi connectivity index (χ0n) is 11.0. The fourth-order valence-electron chi connectivity index (χ4n) is 2.61. The van der Waals surface area contributed by atoms with Crippen LogP contribution in [0.1, 0.15) is 12.5 Å². The summed E-state index contributed by atoms with van der Waals surface area (Å²) in [5.74, 6) is 1.53. The number of hydrogen-bond acceptors (Lipinski definition) is 3. The molecule has 0 radical (unpaired) electrons. The van der Waals surface area contributed by atoms with Gasteiger partial charge in [0.1, 0.15) is 5.82 Å². The minimum atomic E-state index is 0.353. The molecule has 0 saturated carbocycles. The van der Waals surface area contributed by atoms with Gasteiger partial charge in [-0.1, -0.05) is 24.3 Å². The molecule has 1 unspecified atom stereocenters. The molecule has 0 N–H and O–H groups in total. The molecule has 1 atom stereocenters. The van der Waals surface area contributed by atoms with Crippen LogP contribution in [0, 0.1) is 0 Å². The van der Waals surface area contributed by atoms with Gasteiger partial charge in [0.15, 0.2) is 0 Å². The zero-order valence-corrected chi connectivity index (χ0v) is 11.7. The normalized spacial score (nSPS) is 19.9. The van der Waals surface area contributed by atoms with E-state index in [9.17, 15) is 0 Å². The number of ether oxygens (including phenoxy) is 1. The summed E-state index contributed by atoms with van der Waals surface area (Å²) in [6.45, 7) is 4.58. The number of fused-ring (bicyclic) bond motifs is 1. The maximum absolute atomic E-state index is 6.00. The molecule has 4 heteroatoms. The Morgan fingerprint density at radius 1 is 1.37 bits per heavy atom. The predicted octanol–water partition coefficient (Wildman–Crippen LogP) is 3.20. The van der Waals surface area contributed by atoms with Crippen molar-refractivity contribution >= 4 is 28.2 Å². The minimum Gasteiger partial charge on any atom is -0.377 e. The van der Waals surface area contributed by atoms with Crippen LogP contribution in [0.15, 0.2) is 30.5 Å². The average molecular weight is 277 g/mol. The van der Waals surface area contributed by atoms with Crippen molar-refractivity contribution in [3.63, 3.8) is 0 Å². The van der Waals surface area contributed by atoms with Crippen LogP contribution in [0.3, 0.4) is 0 Å². The number of rotatable bonds is 2. The number of alkyl halides is 1. The highest BCUT2D eigenvalue weighted by molar-refractivity contribution is 6.18. The smallest absolute Gasteiger partial charge is 0.136 e. The Morgan fingerprint density at radius 3 is 2.89 bits per heavy atom. The van der Waals surface area contributed by atoms with E-state index < -0.39 is 0 Å². The van der Waals surface area contributed by atoms with Gasteiger partial charge in [-0.25, -0.2) is 4.98 Å². The third kappa shape index (κ3) is 2.28. The molecule has 19 heavy (non-hydrogen) atoms. The first-order valence-electron chi connectivity index (χ1n) is 6.58. The van der Waals surface area contributed by atoms with Crippen LogP contribution in [-0.4, -0.2) is 30.8 Å². The summed E-state index contributed by atoms with van der Waals surface area (Å²) < 4.78 is 5.50. The molecule has 2 heterocycles. The van der Waals surface area contributed by atoms with Gasteiger partial charge in [0.25, 0.3) is 0 Å². The van der Waals surface area contributed by atoms with Crippen LogP contribution in [0.5, 0.6) is 0 Å². The van der Waals surface area contributed by atoms with E-state index in [-0.39, 0.29) is 0 Å². The van der Waals surface area contributed by atoms with Crippen molar-refractivity contribution in [1.29, 1.82) is 0 Å². The molecular weight excluding hydrogens is 260 g/mol. The number of nitrogens with zero attached hydrogens (tertiary/aromatic N) is 2. The van der Waals surface area contributed by atoms with Gasteiger partial charge in [-0.2, -0.15) is 0 Å². The van der Waals surface area contributed by atoms with E-state index in [4.69, 9.17) is 16.3 Å². The molecule has 0 spiro atoms. The lowest BCUT2D eigenvalue weighted by Gasteiger charge is -2.35. The highest BCUT2D eigenvalue weighted by Gasteiger charge is 2.22. The fraction of sp³-hybridized carbons (Fsp3) is 0.400. The van der Waals surface area contributed by atoms with E-state index in [2.05, 4.69) is 35.0 Å². The number of halogens is 1. The second kappa shape index (κ2) is 5.35. The first-order chi connectivity index (χ1) is 9.31. The summed E-state index contributed by atoms with van der Waals surface area (Å²) in [4.78, 5) is 6.96. The highest BCUT2D eigenvalue weighted by atomic mass is 35.5. The average Bonchev–Trinajstić information content (AvgIpc) is 2.47. The summed E-state index contributed by atoms with van der Waals surface area (Å²) in [7, 11) is 0. The van der Waals surface area contributed by atoms with Gasteiger partial charge in [-0.3, -0.25) is 0 Å². The Balaban J connectivity index is 2.13. The Morgan fingerprint density at radius 2 is 2.16 bits per heavy atom. The molecule has 1 aromatic carbocycles. The monoisotopic (exact) mass is 276 g/mol. The molecule has 1 aliphatic heterocycles. The molecular formula is C15H17ClN2O. The number of aromatic nitrogens is 1. The third-order valence-electron chi connectivity index (χ3n) is 3.64. The van der Waals surface area contributed by atoms with Gasteiger partial charge in [0, 0.05) is 24.0 Å². The fourth-order valence-corrected chi connectivity index (χ4v) is 2.83. The summed E-state index contributed by atoms with van der Waals surface area (Å²) in [6.07, 6.45) is 1.90. The van der Waals surface area contributed by atoms with E-state index in [1.165, 1.54) is 10.8 Å². The number of benzene rings is 1. The second-order valence-electron chi connectivity index (χ2n) is 4.90. The molecule has 0 aliphatic carbocycles. The number of morpholine rings is 1. The Labute approximate surface area is 118 Å². The van der Waals surface area contributed by atoms with E-state index in [0.717, 1.165) is 31.1 Å². The lowest BCUT2D eigenvalue weighted by Crippen LogP contribution is -2.44. The summed E-state index contributed by atoms with van der Waals surface area (Å²) in [5.41, 5.74) is 1.09. The SMILES string of the molecule is CC1COCCN1c1ncc(CCl)c2ccccc12. The highest BCUT2D eigenvalue weighted by Crippen LogP contribution is 2.29. The first kappa shape index (κ1) is 12.7. The van der Waals surface area contributed by atoms with Crippen LogP contribution < -0.4 is 4.90 Å². The summed E-state index contributed by atoms with van der Waals surface area (Å²) in [6, 6.07) is 8.69. The molecule has 2 aromatic rings. The molecule has 0 bridgehead atoms. The van der Waals surface area contributed by atoms with Gasteiger partial charge < -0.3 is 9.64 Å². The van der Waals surface area contributed by atoms with E-state index >= 15 is 0 Å². The van der Waals surface area contributed by atoms with Crippen molar-refractivity contribution in [3.8, 4) is 0 Å². The van der Waals surface area contributed by atoms with E-state index in [1.54, 1.807) is 0 Å². The summed E-state index contributed by atoms with van der Waals surface area (Å²) >= 11 is 6.00. The maximum atomic E-state index is 6.00. The van der Waals surface area contributed by atoms with E-state index in [1.807, 2.05) is 12.3 Å². The largest absolute Gasteiger partial charge is 0.377 e. The molecule has 1 fully saturated rings. The Kier molecular flexibility index (Phi) is 3.58. The van der Waals surface area contributed by atoms with E-state index in [0.29, 0.717) is 11.9 Å². The van der Waals surface area contributed by atoms with Crippen LogP contribution in [0.4, 0.5) is 5.82 Å². The topological polar surface area (TPSA) is 25.4 Å². The number of hydrogen-bond donors (Lipinski definition) is 0. The molecule has 0 amide bonds. The van der Waals surface area contributed by atoms with Gasteiger partial charge >= 0.3 is 0 Å². The van der Waals surface area contributed by atoms with Gasteiger partial charge in [0.05, 0.1) is 19.3 Å². The molecule has 100 valence electrons. The minimum absolute atomic E-state index is 0.353. The lowest BCUT2D eigenvalue weighted by atomic mass is 10.1.